The van der Waals surface area contributed by atoms with Gasteiger partial charge in [0.25, 0.3) is 5.91 Å². The normalized spacial score (nSPS) is 10.7. The number of nitrogens with zero attached hydrogens (tertiary/aromatic N) is 1. The molecule has 0 radical (unpaired) electrons. The minimum Gasteiger partial charge on any atom is -0.478 e. The minimum atomic E-state index is -1.49. The van der Waals surface area contributed by atoms with Crippen molar-refractivity contribution in [1.82, 2.24) is 4.98 Å². The summed E-state index contributed by atoms with van der Waals surface area (Å²) in [7, 11) is 0. The molecule has 0 aliphatic heterocycles. The summed E-state index contributed by atoms with van der Waals surface area (Å²) in [5, 5.41) is 15.9. The fourth-order valence-corrected chi connectivity index (χ4v) is 5.10. The van der Waals surface area contributed by atoms with Gasteiger partial charge in [0.05, 0.1) is 42.7 Å². The highest BCUT2D eigenvalue weighted by molar-refractivity contribution is 8.00. The molecular formula is C20H13Cl4N3O4S2. The molecule has 0 fully saturated rings. The van der Waals surface area contributed by atoms with Crippen molar-refractivity contribution in [3.8, 4) is 0 Å². The number of carboxylic acids is 1. The molecule has 0 spiro atoms. The number of halogens is 4. The first-order valence-corrected chi connectivity index (χ1v) is 12.3. The van der Waals surface area contributed by atoms with Gasteiger partial charge in [0.2, 0.25) is 5.91 Å². The SMILES string of the molecule is Cc1csc(NC(=O)CSc2cccc(NC(=O)c3c(Cl)c(Cl)c(Cl)c(Cl)c3C(=O)O)c2)n1. The van der Waals surface area contributed by atoms with E-state index >= 15 is 0 Å². The molecule has 0 bridgehead atoms. The van der Waals surface area contributed by atoms with Gasteiger partial charge in [0.1, 0.15) is 0 Å². The van der Waals surface area contributed by atoms with Crippen molar-refractivity contribution in [3.05, 3.63) is 66.6 Å². The molecule has 0 aliphatic rings. The summed E-state index contributed by atoms with van der Waals surface area (Å²) in [5.41, 5.74) is 0.185. The van der Waals surface area contributed by atoms with Crippen LogP contribution in [0.25, 0.3) is 0 Å². The van der Waals surface area contributed by atoms with E-state index in [1.54, 1.807) is 24.3 Å². The third kappa shape index (κ3) is 6.11. The summed E-state index contributed by atoms with van der Waals surface area (Å²) in [4.78, 5) is 41.5. The Morgan fingerprint density at radius 1 is 1.03 bits per heavy atom. The number of aromatic nitrogens is 1. The highest BCUT2D eigenvalue weighted by Crippen LogP contribution is 2.41. The number of carboxylic acid groups (broad SMARTS) is 1. The first-order chi connectivity index (χ1) is 15.6. The van der Waals surface area contributed by atoms with Crippen LogP contribution in [0.2, 0.25) is 20.1 Å². The molecular weight excluding hydrogens is 552 g/mol. The van der Waals surface area contributed by atoms with Gasteiger partial charge in [-0.25, -0.2) is 9.78 Å². The van der Waals surface area contributed by atoms with Crippen LogP contribution in [0.5, 0.6) is 0 Å². The van der Waals surface area contributed by atoms with Crippen molar-refractivity contribution >= 4 is 98.1 Å². The molecule has 1 aromatic heterocycles. The third-order valence-electron chi connectivity index (χ3n) is 4.04. The fraction of sp³-hybridized carbons (Fsp3) is 0.100. The summed E-state index contributed by atoms with van der Waals surface area (Å²) in [5.74, 6) is -2.44. The van der Waals surface area contributed by atoms with Crippen LogP contribution in [0, 0.1) is 6.92 Å². The zero-order valence-corrected chi connectivity index (χ0v) is 21.2. The topological polar surface area (TPSA) is 108 Å². The summed E-state index contributed by atoms with van der Waals surface area (Å²) < 4.78 is 0. The second-order valence-corrected chi connectivity index (χ2v) is 9.84. The molecule has 172 valence electrons. The van der Waals surface area contributed by atoms with Crippen molar-refractivity contribution in [2.45, 2.75) is 11.8 Å². The lowest BCUT2D eigenvalue weighted by Gasteiger charge is -2.14. The number of hydrogen-bond donors (Lipinski definition) is 3. The van der Waals surface area contributed by atoms with E-state index in [4.69, 9.17) is 46.4 Å². The minimum absolute atomic E-state index is 0.118. The number of aromatic carboxylic acids is 1. The summed E-state index contributed by atoms with van der Waals surface area (Å²) in [6, 6.07) is 6.64. The van der Waals surface area contributed by atoms with Gasteiger partial charge in [-0.3, -0.25) is 9.59 Å². The third-order valence-corrected chi connectivity index (χ3v) is 7.71. The lowest BCUT2D eigenvalue weighted by molar-refractivity contribution is -0.113. The first-order valence-electron chi connectivity index (χ1n) is 8.94. The van der Waals surface area contributed by atoms with Crippen LogP contribution >= 0.6 is 69.5 Å². The molecule has 33 heavy (non-hydrogen) atoms. The number of aryl methyl sites for hydroxylation is 1. The Balaban J connectivity index is 1.75. The highest BCUT2D eigenvalue weighted by atomic mass is 35.5. The van der Waals surface area contributed by atoms with E-state index < -0.39 is 28.0 Å². The van der Waals surface area contributed by atoms with Gasteiger partial charge in [-0.05, 0) is 25.1 Å². The number of benzene rings is 2. The molecule has 0 saturated heterocycles. The quantitative estimate of drug-likeness (QED) is 0.166. The van der Waals surface area contributed by atoms with Crippen LogP contribution in [0.15, 0.2) is 34.5 Å². The molecule has 0 aliphatic carbocycles. The van der Waals surface area contributed by atoms with Gasteiger partial charge in [-0.2, -0.15) is 0 Å². The number of rotatable bonds is 7. The number of hydrogen-bond acceptors (Lipinski definition) is 6. The second kappa shape index (κ2) is 10.9. The van der Waals surface area contributed by atoms with Gasteiger partial charge in [0, 0.05) is 16.0 Å². The molecule has 1 heterocycles. The molecule has 7 nitrogen and oxygen atoms in total. The number of amides is 2. The molecule has 3 aromatic rings. The summed E-state index contributed by atoms with van der Waals surface area (Å²) >= 11 is 26.6. The maximum Gasteiger partial charge on any atom is 0.338 e. The maximum atomic E-state index is 12.9. The van der Waals surface area contributed by atoms with Crippen LogP contribution < -0.4 is 10.6 Å². The smallest absolute Gasteiger partial charge is 0.338 e. The van der Waals surface area contributed by atoms with Crippen molar-refractivity contribution in [3.63, 3.8) is 0 Å². The Morgan fingerprint density at radius 2 is 1.70 bits per heavy atom. The van der Waals surface area contributed by atoms with Crippen LogP contribution in [0.1, 0.15) is 26.4 Å². The van der Waals surface area contributed by atoms with E-state index in [1.165, 1.54) is 23.1 Å². The first kappa shape index (κ1) is 25.6. The van der Waals surface area contributed by atoms with E-state index in [9.17, 15) is 19.5 Å². The number of thiazole rings is 1. The number of nitrogens with one attached hydrogen (secondary N) is 2. The zero-order chi connectivity index (χ0) is 24.3. The van der Waals surface area contributed by atoms with E-state index in [-0.39, 0.29) is 26.7 Å². The zero-order valence-electron chi connectivity index (χ0n) is 16.5. The number of anilines is 2. The van der Waals surface area contributed by atoms with Gasteiger partial charge in [-0.15, -0.1) is 23.1 Å². The Morgan fingerprint density at radius 3 is 2.30 bits per heavy atom. The van der Waals surface area contributed by atoms with Crippen molar-refractivity contribution < 1.29 is 19.5 Å². The van der Waals surface area contributed by atoms with Crippen LogP contribution in [0.3, 0.4) is 0 Å². The summed E-state index contributed by atoms with van der Waals surface area (Å²) in [6.45, 7) is 1.83. The monoisotopic (exact) mass is 563 g/mol. The molecule has 0 atom stereocenters. The Kier molecular flexibility index (Phi) is 8.49. The molecule has 3 rings (SSSR count). The van der Waals surface area contributed by atoms with Crippen molar-refractivity contribution in [2.75, 3.05) is 16.4 Å². The molecule has 0 unspecified atom stereocenters. The average Bonchev–Trinajstić information content (AvgIpc) is 3.17. The predicted octanol–water partition coefficient (Wildman–Crippen LogP) is 6.75. The Labute approximate surface area is 216 Å². The molecule has 2 amide bonds. The molecule has 2 aromatic carbocycles. The van der Waals surface area contributed by atoms with Crippen LogP contribution in [-0.4, -0.2) is 33.6 Å². The van der Waals surface area contributed by atoms with E-state index in [0.717, 1.165) is 5.69 Å². The standard InChI is InChI=1S/C20H13Cl4N3O4S2/c1-8-6-33-20(25-8)27-11(28)7-32-10-4-2-3-9(5-10)26-18(29)12-13(19(30)31)15(22)17(24)16(23)14(12)21/h2-6H,7H2,1H3,(H,26,29)(H,30,31)(H,25,27,28). The lowest BCUT2D eigenvalue weighted by Crippen LogP contribution is -2.18. The average molecular weight is 565 g/mol. The van der Waals surface area contributed by atoms with E-state index in [1.807, 2.05) is 12.3 Å². The van der Waals surface area contributed by atoms with E-state index in [0.29, 0.717) is 15.7 Å². The number of carbonyl (C=O) groups excluding carboxylic acids is 2. The van der Waals surface area contributed by atoms with Gasteiger partial charge < -0.3 is 15.7 Å². The van der Waals surface area contributed by atoms with Crippen molar-refractivity contribution in [1.29, 1.82) is 0 Å². The van der Waals surface area contributed by atoms with Gasteiger partial charge in [0.15, 0.2) is 5.13 Å². The Hall–Kier alpha value is -2.01. The predicted molar refractivity (Wildman–Crippen MR) is 134 cm³/mol. The molecule has 13 heteroatoms. The summed E-state index contributed by atoms with van der Waals surface area (Å²) in [6.07, 6.45) is 0. The van der Waals surface area contributed by atoms with Crippen molar-refractivity contribution in [2.24, 2.45) is 0 Å². The highest BCUT2D eigenvalue weighted by Gasteiger charge is 2.29. The van der Waals surface area contributed by atoms with Gasteiger partial charge >= 0.3 is 5.97 Å². The number of carbonyl (C=O) groups is 3. The fourth-order valence-electron chi connectivity index (χ4n) is 2.62. The second-order valence-electron chi connectivity index (χ2n) is 6.42. The van der Waals surface area contributed by atoms with Crippen LogP contribution in [0.4, 0.5) is 10.8 Å². The molecule has 0 saturated carbocycles. The molecule has 3 N–H and O–H groups in total. The number of thioether (sulfide) groups is 1. The van der Waals surface area contributed by atoms with Crippen LogP contribution in [-0.2, 0) is 4.79 Å². The Bertz CT molecular complexity index is 1270. The largest absolute Gasteiger partial charge is 0.478 e. The lowest BCUT2D eigenvalue weighted by atomic mass is 10.1. The van der Waals surface area contributed by atoms with Gasteiger partial charge in [-0.1, -0.05) is 52.5 Å². The maximum absolute atomic E-state index is 12.9. The van der Waals surface area contributed by atoms with E-state index in [2.05, 4.69) is 15.6 Å².